The Morgan fingerprint density at radius 2 is 1.69 bits per heavy atom. The number of carbonyl (C=O) groups is 2. The molecule has 1 aliphatic heterocycles. The van der Waals surface area contributed by atoms with Crippen LogP contribution in [0.25, 0.3) is 0 Å². The number of amides is 2. The van der Waals surface area contributed by atoms with Crippen molar-refractivity contribution in [2.45, 2.75) is 101 Å². The zero-order valence-corrected chi connectivity index (χ0v) is 30.4. The van der Waals surface area contributed by atoms with Crippen molar-refractivity contribution in [3.8, 4) is 0 Å². The molecule has 4 atom stereocenters. The van der Waals surface area contributed by atoms with Gasteiger partial charge in [-0.3, -0.25) is 14.7 Å². The van der Waals surface area contributed by atoms with Crippen molar-refractivity contribution in [3.05, 3.63) is 95.6 Å². The van der Waals surface area contributed by atoms with Crippen molar-refractivity contribution in [3.63, 3.8) is 0 Å². The molecule has 264 valence electrons. The van der Waals surface area contributed by atoms with E-state index in [0.717, 1.165) is 30.4 Å². The molecule has 1 saturated carbocycles. The number of pyridine rings is 1. The Balaban J connectivity index is 1.53. The van der Waals surface area contributed by atoms with Gasteiger partial charge in [0.25, 0.3) is 0 Å². The average molecular weight is 693 g/mol. The zero-order chi connectivity index (χ0) is 35.6. The molecule has 0 radical (unpaired) electrons. The highest BCUT2D eigenvalue weighted by Gasteiger charge is 2.51. The molecule has 3 aromatic rings. The maximum atomic E-state index is 15.7. The van der Waals surface area contributed by atoms with Crippen LogP contribution in [0.15, 0.2) is 73.1 Å². The first-order valence-corrected chi connectivity index (χ1v) is 18.0. The number of likely N-dealkylation sites (tertiary alicyclic amines) is 1. The van der Waals surface area contributed by atoms with Gasteiger partial charge in [0, 0.05) is 37.3 Å². The summed E-state index contributed by atoms with van der Waals surface area (Å²) in [6.07, 6.45) is 6.61. The molecular formula is C38H49FN4O5S. The number of rotatable bonds is 11. The summed E-state index contributed by atoms with van der Waals surface area (Å²) in [5.41, 5.74) is -0.504. The Morgan fingerprint density at radius 1 is 1.02 bits per heavy atom. The Labute approximate surface area is 292 Å². The summed E-state index contributed by atoms with van der Waals surface area (Å²) in [4.78, 5) is 33.3. The van der Waals surface area contributed by atoms with Gasteiger partial charge in [0.05, 0.1) is 12.2 Å². The highest BCUT2D eigenvalue weighted by Crippen LogP contribution is 2.44. The fraction of sp³-hybridized carbons (Fsp3) is 0.500. The number of ether oxygens (including phenoxy) is 2. The van der Waals surface area contributed by atoms with E-state index >= 15 is 4.39 Å². The molecule has 2 aromatic carbocycles. The number of nitrogens with one attached hydrogen (secondary N) is 2. The van der Waals surface area contributed by atoms with Crippen LogP contribution in [0.4, 0.5) is 14.9 Å². The second-order valence-electron chi connectivity index (χ2n) is 15.2. The third-order valence-electron chi connectivity index (χ3n) is 9.28. The van der Waals surface area contributed by atoms with Crippen LogP contribution >= 0.6 is 0 Å². The second-order valence-corrected chi connectivity index (χ2v) is 17.1. The predicted octanol–water partition coefficient (Wildman–Crippen LogP) is 7.20. The smallest absolute Gasteiger partial charge is 0.411 e. The largest absolute Gasteiger partial charge is 0.598 e. The predicted molar refractivity (Wildman–Crippen MR) is 190 cm³/mol. The van der Waals surface area contributed by atoms with Gasteiger partial charge in [-0.25, -0.2) is 9.18 Å². The molecule has 49 heavy (non-hydrogen) atoms. The molecule has 9 nitrogen and oxygen atoms in total. The number of nitrogens with zero attached hydrogens (tertiary/aromatic N) is 2. The number of hydrogen-bond acceptors (Lipinski definition) is 7. The number of hydrogen-bond donors (Lipinski definition) is 2. The summed E-state index contributed by atoms with van der Waals surface area (Å²) in [5, 5.41) is 2.80. The number of aromatic nitrogens is 1. The van der Waals surface area contributed by atoms with E-state index in [4.69, 9.17) is 9.47 Å². The van der Waals surface area contributed by atoms with Crippen LogP contribution in [-0.2, 0) is 36.8 Å². The van der Waals surface area contributed by atoms with Gasteiger partial charge in [-0.15, -0.1) is 4.72 Å². The minimum atomic E-state index is -1.50. The lowest BCUT2D eigenvalue weighted by Crippen LogP contribution is -2.52. The number of methoxy groups -OCH3 is 1. The topological polar surface area (TPSA) is 116 Å². The van der Waals surface area contributed by atoms with Crippen LogP contribution in [-0.4, -0.2) is 56.5 Å². The van der Waals surface area contributed by atoms with E-state index in [0.29, 0.717) is 17.9 Å². The van der Waals surface area contributed by atoms with E-state index in [1.165, 1.54) is 11.0 Å². The maximum Gasteiger partial charge on any atom is 0.411 e. The Kier molecular flexibility index (Phi) is 10.8. The van der Waals surface area contributed by atoms with Crippen molar-refractivity contribution in [1.29, 1.82) is 0 Å². The van der Waals surface area contributed by atoms with Crippen LogP contribution in [0.3, 0.4) is 0 Å². The van der Waals surface area contributed by atoms with Crippen molar-refractivity contribution < 1.29 is 28.0 Å². The molecule has 11 heteroatoms. The average Bonchev–Trinajstić information content (AvgIpc) is 3.80. The minimum Gasteiger partial charge on any atom is -0.598 e. The minimum absolute atomic E-state index is 0.0468. The molecule has 2 unspecified atom stereocenters. The van der Waals surface area contributed by atoms with Gasteiger partial charge < -0.3 is 19.3 Å². The highest BCUT2D eigenvalue weighted by atomic mass is 32.2. The van der Waals surface area contributed by atoms with Gasteiger partial charge >= 0.3 is 6.09 Å². The molecular weight excluding hydrogens is 644 g/mol. The molecule has 2 N–H and O–H groups in total. The lowest BCUT2D eigenvalue weighted by Gasteiger charge is -2.39. The van der Waals surface area contributed by atoms with Crippen molar-refractivity contribution in [2.24, 2.45) is 5.92 Å². The summed E-state index contributed by atoms with van der Waals surface area (Å²) in [7, 11) is 1.55. The fourth-order valence-electron chi connectivity index (χ4n) is 6.34. The van der Waals surface area contributed by atoms with Gasteiger partial charge in [0.2, 0.25) is 5.91 Å². The Hall–Kier alpha value is -3.51. The van der Waals surface area contributed by atoms with Crippen molar-refractivity contribution in [2.75, 3.05) is 19.0 Å². The first kappa shape index (κ1) is 36.8. The van der Waals surface area contributed by atoms with E-state index < -0.39 is 56.7 Å². The lowest BCUT2D eigenvalue weighted by molar-refractivity contribution is -0.120. The monoisotopic (exact) mass is 692 g/mol. The number of anilines is 1. The molecule has 2 heterocycles. The van der Waals surface area contributed by atoms with E-state index in [9.17, 15) is 14.1 Å². The van der Waals surface area contributed by atoms with Crippen molar-refractivity contribution in [1.82, 2.24) is 14.6 Å². The van der Waals surface area contributed by atoms with E-state index in [1.54, 1.807) is 52.4 Å². The Morgan fingerprint density at radius 3 is 2.29 bits per heavy atom. The van der Waals surface area contributed by atoms with Gasteiger partial charge in [-0.1, -0.05) is 49.2 Å². The number of benzene rings is 2. The quantitative estimate of drug-likeness (QED) is 0.204. The number of halogens is 1. The highest BCUT2D eigenvalue weighted by molar-refractivity contribution is 7.90. The van der Waals surface area contributed by atoms with Crippen LogP contribution in [0.2, 0.25) is 0 Å². The third-order valence-corrected chi connectivity index (χ3v) is 10.9. The molecule has 2 fully saturated rings. The fourth-order valence-corrected chi connectivity index (χ4v) is 7.30. The molecule has 1 aliphatic carbocycles. The van der Waals surface area contributed by atoms with E-state index in [2.05, 4.69) is 15.0 Å². The van der Waals surface area contributed by atoms with Crippen LogP contribution < -0.4 is 10.0 Å². The SMILES string of the molecule is CO[C@]1(c2ccccc2)C[C@H](C(=O)Nc2cc(C(CCC3CC3)(N[S+]([O-])C(C)(C)C)c3ccncc3)ccc2F)N(C(=O)OC(C)(C)C)C1. The summed E-state index contributed by atoms with van der Waals surface area (Å²) in [6, 6.07) is 16.8. The zero-order valence-electron chi connectivity index (χ0n) is 29.5. The van der Waals surface area contributed by atoms with E-state index in [-0.39, 0.29) is 18.7 Å². The lowest BCUT2D eigenvalue weighted by atomic mass is 9.79. The number of carbonyl (C=O) groups excluding carboxylic acids is 2. The van der Waals surface area contributed by atoms with Gasteiger partial charge in [0.1, 0.15) is 33.3 Å². The summed E-state index contributed by atoms with van der Waals surface area (Å²) in [6.45, 7) is 11.1. The summed E-state index contributed by atoms with van der Waals surface area (Å²) in [5.74, 6) is -0.643. The standard InChI is InChI=1S/C38H49FN4O5S/c1-35(2,3)48-34(45)43-25-37(47-7,27-11-9-8-10-12-27)24-32(43)33(44)41-31-23-29(15-16-30(31)39)38(20-17-26-13-14-26,28-18-21-40-22-19-28)42-49(46)36(4,5)6/h8-12,15-16,18-19,21-23,26,32,42H,13-14,17,20,24-25H2,1-7H3,(H,41,44)/t32-,37-,38?,49?/m1/s1. The molecule has 0 spiro atoms. The summed E-state index contributed by atoms with van der Waals surface area (Å²) >= 11 is -1.50. The molecule has 2 aliphatic rings. The van der Waals surface area contributed by atoms with Crippen LogP contribution in [0.5, 0.6) is 0 Å². The van der Waals surface area contributed by atoms with Crippen molar-refractivity contribution >= 4 is 29.0 Å². The van der Waals surface area contributed by atoms with E-state index in [1.807, 2.05) is 63.2 Å². The molecule has 1 aromatic heterocycles. The van der Waals surface area contributed by atoms with Gasteiger partial charge in [0.15, 0.2) is 0 Å². The second kappa shape index (κ2) is 14.4. The Bertz CT molecular complexity index is 1610. The molecule has 1 saturated heterocycles. The summed E-state index contributed by atoms with van der Waals surface area (Å²) < 4.78 is 44.1. The first-order valence-electron chi connectivity index (χ1n) is 16.9. The third kappa shape index (κ3) is 8.45. The van der Waals surface area contributed by atoms with Gasteiger partial charge in [-0.2, -0.15) is 0 Å². The van der Waals surface area contributed by atoms with Crippen LogP contribution in [0, 0.1) is 11.7 Å². The molecule has 0 bridgehead atoms. The van der Waals surface area contributed by atoms with Crippen LogP contribution in [0.1, 0.15) is 90.3 Å². The normalized spacial score (nSPS) is 21.6. The first-order chi connectivity index (χ1) is 23.1. The van der Waals surface area contributed by atoms with Gasteiger partial charge in [-0.05, 0) is 101 Å². The molecule has 5 rings (SSSR count). The molecule has 2 amide bonds. The maximum absolute atomic E-state index is 15.7.